The fraction of sp³-hybridized carbons (Fsp3) is 0.0870. The SMILES string of the molecule is CC(=O)Oc1c([Se]c2ccccc2)c(-c2ccccc2)n2cccc(C)c12. The first-order chi connectivity index (χ1) is 13.1. The van der Waals surface area contributed by atoms with Gasteiger partial charge < -0.3 is 0 Å². The summed E-state index contributed by atoms with van der Waals surface area (Å²) < 4.78 is 10.3. The number of fused-ring (bicyclic) bond motifs is 1. The van der Waals surface area contributed by atoms with Gasteiger partial charge in [-0.2, -0.15) is 0 Å². The van der Waals surface area contributed by atoms with Crippen molar-refractivity contribution in [1.29, 1.82) is 0 Å². The maximum atomic E-state index is 11.9. The molecule has 4 rings (SSSR count). The van der Waals surface area contributed by atoms with E-state index in [1.54, 1.807) is 0 Å². The first kappa shape index (κ1) is 17.6. The number of pyridine rings is 1. The summed E-state index contributed by atoms with van der Waals surface area (Å²) in [6.07, 6.45) is 2.04. The molecule has 0 aliphatic rings. The molecule has 0 spiro atoms. The van der Waals surface area contributed by atoms with Crippen LogP contribution in [0, 0.1) is 6.92 Å². The number of benzene rings is 2. The number of carbonyl (C=O) groups is 1. The van der Waals surface area contributed by atoms with Gasteiger partial charge in [0.25, 0.3) is 0 Å². The molecule has 4 aromatic rings. The van der Waals surface area contributed by atoms with Crippen molar-refractivity contribution in [1.82, 2.24) is 4.40 Å². The van der Waals surface area contributed by atoms with E-state index < -0.39 is 0 Å². The van der Waals surface area contributed by atoms with Gasteiger partial charge in [-0.05, 0) is 0 Å². The number of hydrogen-bond acceptors (Lipinski definition) is 2. The number of rotatable bonds is 4. The van der Waals surface area contributed by atoms with E-state index in [9.17, 15) is 4.79 Å². The number of hydrogen-bond donors (Lipinski definition) is 0. The Kier molecular flexibility index (Phi) is 4.84. The van der Waals surface area contributed by atoms with Crippen molar-refractivity contribution < 1.29 is 9.53 Å². The van der Waals surface area contributed by atoms with Gasteiger partial charge in [0.2, 0.25) is 0 Å². The summed E-state index contributed by atoms with van der Waals surface area (Å²) in [6, 6.07) is 24.7. The molecule has 0 radical (unpaired) electrons. The molecule has 0 fully saturated rings. The van der Waals surface area contributed by atoms with Crippen molar-refractivity contribution >= 4 is 35.4 Å². The monoisotopic (exact) mass is 421 g/mol. The molecule has 27 heavy (non-hydrogen) atoms. The average Bonchev–Trinajstić information content (AvgIpc) is 2.97. The van der Waals surface area contributed by atoms with Gasteiger partial charge in [0, 0.05) is 0 Å². The summed E-state index contributed by atoms with van der Waals surface area (Å²) in [5, 5.41) is 0. The number of esters is 1. The standard InChI is InChI=1S/C23H19NO2Se/c1-16-10-9-15-24-20(16)22(26-17(2)25)23(27-19-13-7-4-8-14-19)21(24)18-11-5-3-6-12-18/h3-15H,1-2H3. The van der Waals surface area contributed by atoms with Crippen LogP contribution >= 0.6 is 0 Å². The second kappa shape index (κ2) is 7.43. The summed E-state index contributed by atoms with van der Waals surface area (Å²) >= 11 is -0.00429. The summed E-state index contributed by atoms with van der Waals surface area (Å²) in [5.41, 5.74) is 4.25. The van der Waals surface area contributed by atoms with Crippen molar-refractivity contribution in [3.8, 4) is 17.0 Å². The van der Waals surface area contributed by atoms with Crippen molar-refractivity contribution in [2.24, 2.45) is 0 Å². The Bertz CT molecular complexity index is 1100. The number of ether oxygens (including phenoxy) is 1. The van der Waals surface area contributed by atoms with Gasteiger partial charge in [0.1, 0.15) is 0 Å². The van der Waals surface area contributed by atoms with Crippen molar-refractivity contribution in [3.63, 3.8) is 0 Å². The predicted molar refractivity (Wildman–Crippen MR) is 110 cm³/mol. The van der Waals surface area contributed by atoms with E-state index in [1.165, 1.54) is 11.4 Å². The molecule has 2 aromatic heterocycles. The molecule has 0 atom stereocenters. The van der Waals surface area contributed by atoms with Gasteiger partial charge in [0.15, 0.2) is 0 Å². The maximum absolute atomic E-state index is 11.9. The number of nitrogens with zero attached hydrogens (tertiary/aromatic N) is 1. The molecule has 4 heteroatoms. The van der Waals surface area contributed by atoms with Crippen molar-refractivity contribution in [2.45, 2.75) is 13.8 Å². The quantitative estimate of drug-likeness (QED) is 0.374. The first-order valence-electron chi connectivity index (χ1n) is 8.75. The molecule has 2 heterocycles. The Morgan fingerprint density at radius 1 is 0.926 bits per heavy atom. The van der Waals surface area contributed by atoms with Crippen molar-refractivity contribution in [2.75, 3.05) is 0 Å². The van der Waals surface area contributed by atoms with Crippen LogP contribution in [-0.2, 0) is 4.79 Å². The van der Waals surface area contributed by atoms with E-state index in [4.69, 9.17) is 4.74 Å². The molecule has 3 nitrogen and oxygen atoms in total. The molecule has 0 amide bonds. The van der Waals surface area contributed by atoms with E-state index in [-0.39, 0.29) is 20.9 Å². The number of aryl methyl sites for hydroxylation is 1. The third-order valence-corrected chi connectivity index (χ3v) is 6.62. The molecule has 0 unspecified atom stereocenters. The molecular formula is C23H19NO2Se. The Hall–Kier alpha value is -2.81. The summed E-state index contributed by atoms with van der Waals surface area (Å²) in [4.78, 5) is 11.9. The van der Waals surface area contributed by atoms with E-state index in [0.29, 0.717) is 5.75 Å². The van der Waals surface area contributed by atoms with Crippen LogP contribution in [0.3, 0.4) is 0 Å². The Morgan fingerprint density at radius 2 is 1.59 bits per heavy atom. The Balaban J connectivity index is 2.05. The van der Waals surface area contributed by atoms with Crippen LogP contribution < -0.4 is 13.7 Å². The molecule has 2 aromatic carbocycles. The van der Waals surface area contributed by atoms with Gasteiger partial charge in [-0.25, -0.2) is 0 Å². The first-order valence-corrected chi connectivity index (χ1v) is 10.5. The molecular weight excluding hydrogens is 401 g/mol. The van der Waals surface area contributed by atoms with Crippen LogP contribution in [0.1, 0.15) is 12.5 Å². The molecule has 0 saturated heterocycles. The second-order valence-corrected chi connectivity index (χ2v) is 8.57. The number of carbonyl (C=O) groups excluding carboxylic acids is 1. The van der Waals surface area contributed by atoms with Crippen LogP contribution in [0.5, 0.6) is 5.75 Å². The van der Waals surface area contributed by atoms with E-state index >= 15 is 0 Å². The summed E-state index contributed by atoms with van der Waals surface area (Å²) in [6.45, 7) is 3.51. The summed E-state index contributed by atoms with van der Waals surface area (Å²) in [7, 11) is 0. The summed E-state index contributed by atoms with van der Waals surface area (Å²) in [5.74, 6) is 0.388. The molecule has 0 saturated carbocycles. The average molecular weight is 420 g/mol. The van der Waals surface area contributed by atoms with Crippen LogP contribution in [0.4, 0.5) is 0 Å². The number of aromatic nitrogens is 1. The molecule has 0 N–H and O–H groups in total. The van der Waals surface area contributed by atoms with Crippen LogP contribution in [-0.4, -0.2) is 25.3 Å². The zero-order valence-electron chi connectivity index (χ0n) is 15.2. The fourth-order valence-corrected chi connectivity index (χ4v) is 5.47. The van der Waals surface area contributed by atoms with Crippen LogP contribution in [0.15, 0.2) is 79.0 Å². The van der Waals surface area contributed by atoms with Crippen LogP contribution in [0.25, 0.3) is 16.8 Å². The fourth-order valence-electron chi connectivity index (χ4n) is 3.22. The molecule has 0 aliphatic heterocycles. The minimum atomic E-state index is -0.296. The van der Waals surface area contributed by atoms with Crippen molar-refractivity contribution in [3.05, 3.63) is 84.6 Å². The topological polar surface area (TPSA) is 30.7 Å². The Labute approximate surface area is 164 Å². The minimum absolute atomic E-state index is 0.00429. The molecule has 134 valence electrons. The van der Waals surface area contributed by atoms with Crippen LogP contribution in [0.2, 0.25) is 0 Å². The molecule has 0 bridgehead atoms. The van der Waals surface area contributed by atoms with Gasteiger partial charge >= 0.3 is 165 Å². The normalized spacial score (nSPS) is 10.9. The second-order valence-electron chi connectivity index (χ2n) is 6.29. The third-order valence-electron chi connectivity index (χ3n) is 4.33. The predicted octanol–water partition coefficient (Wildman–Crippen LogP) is 3.50. The van der Waals surface area contributed by atoms with E-state index in [0.717, 1.165) is 26.8 Å². The van der Waals surface area contributed by atoms with E-state index in [1.807, 2.05) is 48.7 Å². The van der Waals surface area contributed by atoms with E-state index in [2.05, 4.69) is 41.7 Å². The van der Waals surface area contributed by atoms with Gasteiger partial charge in [-0.1, -0.05) is 0 Å². The zero-order valence-corrected chi connectivity index (χ0v) is 16.9. The zero-order chi connectivity index (χ0) is 18.8. The third kappa shape index (κ3) is 3.42. The van der Waals surface area contributed by atoms with Gasteiger partial charge in [0.05, 0.1) is 0 Å². The van der Waals surface area contributed by atoms with Gasteiger partial charge in [-0.15, -0.1) is 0 Å². The Morgan fingerprint density at radius 3 is 2.26 bits per heavy atom. The molecule has 0 aliphatic carbocycles. The van der Waals surface area contributed by atoms with Gasteiger partial charge in [-0.3, -0.25) is 0 Å².